The van der Waals surface area contributed by atoms with E-state index in [1.807, 2.05) is 42.5 Å². The number of amides is 2. The van der Waals surface area contributed by atoms with Crippen molar-refractivity contribution in [3.8, 4) is 5.75 Å². The summed E-state index contributed by atoms with van der Waals surface area (Å²) in [6, 6.07) is 17.5. The molecule has 2 unspecified atom stereocenters. The summed E-state index contributed by atoms with van der Waals surface area (Å²) in [5.74, 6) is -1.01. The van der Waals surface area contributed by atoms with Crippen LogP contribution in [0.4, 0.5) is 0 Å². The number of nitrogens with zero attached hydrogens (tertiary/aromatic N) is 1. The quantitative estimate of drug-likeness (QED) is 0.0722. The number of hydrogen-bond donors (Lipinski definition) is 5. The van der Waals surface area contributed by atoms with Gasteiger partial charge in [0.05, 0.1) is 27.4 Å². The molecule has 1 fully saturated rings. The second-order valence-corrected chi connectivity index (χ2v) is 13.3. The molecule has 0 aliphatic carbocycles. The highest BCUT2D eigenvalue weighted by Gasteiger charge is 2.32. The third kappa shape index (κ3) is 8.96. The number of piperidine rings is 1. The van der Waals surface area contributed by atoms with Crippen molar-refractivity contribution in [2.24, 2.45) is 5.73 Å². The Morgan fingerprint density at radius 2 is 1.63 bits per heavy atom. The number of hydrogen-bond acceptors (Lipinski definition) is 9. The zero-order chi connectivity index (χ0) is 33.4. The Hall–Kier alpha value is -3.73. The maximum atomic E-state index is 13.1. The first kappa shape index (κ1) is 35.1. The van der Waals surface area contributed by atoms with E-state index in [0.29, 0.717) is 31.7 Å². The lowest BCUT2D eigenvalue weighted by atomic mass is 10.1. The van der Waals surface area contributed by atoms with E-state index in [0.717, 1.165) is 17.0 Å². The van der Waals surface area contributed by atoms with E-state index in [1.54, 1.807) is 26.8 Å². The number of allylic oxidation sites excluding steroid dienone is 1. The normalized spacial score (nSPS) is 15.9. The van der Waals surface area contributed by atoms with E-state index in [9.17, 15) is 14.4 Å². The van der Waals surface area contributed by atoms with Crippen LogP contribution in [0.15, 0.2) is 72.1 Å². The molecular formula is C32H37Cl2N6O5P. The molecule has 2 amide bonds. The average Bonchev–Trinajstić information content (AvgIpc) is 3.03. The van der Waals surface area contributed by atoms with Crippen LogP contribution in [0.1, 0.15) is 44.0 Å². The van der Waals surface area contributed by atoms with Crippen LogP contribution in [-0.4, -0.2) is 59.9 Å². The van der Waals surface area contributed by atoms with E-state index < -0.39 is 26.3 Å². The molecule has 0 radical (unpaired) electrons. The first-order valence-electron chi connectivity index (χ1n) is 14.7. The highest BCUT2D eigenvalue weighted by atomic mass is 35.5. The molecular weight excluding hydrogens is 650 g/mol. The molecule has 14 heteroatoms. The first-order valence-corrected chi connectivity index (χ1v) is 16.7. The Morgan fingerprint density at radius 3 is 2.28 bits per heavy atom. The summed E-state index contributed by atoms with van der Waals surface area (Å²) in [6.07, 6.45) is 1.66. The van der Waals surface area contributed by atoms with Gasteiger partial charge in [-0.3, -0.25) is 14.4 Å². The molecule has 11 nitrogen and oxygen atoms in total. The van der Waals surface area contributed by atoms with Crippen molar-refractivity contribution in [1.29, 1.82) is 5.41 Å². The van der Waals surface area contributed by atoms with Crippen molar-refractivity contribution in [3.05, 3.63) is 87.7 Å². The lowest BCUT2D eigenvalue weighted by Crippen LogP contribution is -2.47. The molecule has 46 heavy (non-hydrogen) atoms. The summed E-state index contributed by atoms with van der Waals surface area (Å²) in [5, 5.41) is 18.6. The van der Waals surface area contributed by atoms with Gasteiger partial charge in [0.15, 0.2) is 0 Å². The van der Waals surface area contributed by atoms with Gasteiger partial charge in [-0.2, -0.15) is 0 Å². The zero-order valence-corrected chi connectivity index (χ0v) is 28.1. The van der Waals surface area contributed by atoms with Crippen LogP contribution in [0.3, 0.4) is 0 Å². The molecule has 1 aliphatic rings. The van der Waals surface area contributed by atoms with Gasteiger partial charge in [-0.15, -0.1) is 0 Å². The molecule has 6 N–H and O–H groups in total. The number of carbonyl (C=O) groups is 3. The second-order valence-electron chi connectivity index (χ2n) is 10.9. The Morgan fingerprint density at radius 1 is 1.00 bits per heavy atom. The predicted molar refractivity (Wildman–Crippen MR) is 182 cm³/mol. The predicted octanol–water partition coefficient (Wildman–Crippen LogP) is 5.51. The monoisotopic (exact) mass is 686 g/mol. The largest absolute Gasteiger partial charge is 0.462 e. The lowest BCUT2D eigenvalue weighted by molar-refractivity contribution is -0.149. The molecule has 0 bridgehead atoms. The maximum absolute atomic E-state index is 13.1. The Balaban J connectivity index is 1.43. The molecule has 0 aromatic heterocycles. The minimum Gasteiger partial charge on any atom is -0.462 e. The minimum absolute atomic E-state index is 0.00776. The van der Waals surface area contributed by atoms with E-state index in [2.05, 4.69) is 20.4 Å². The van der Waals surface area contributed by atoms with Crippen molar-refractivity contribution >= 4 is 66.4 Å². The van der Waals surface area contributed by atoms with Gasteiger partial charge in [-0.1, -0.05) is 65.7 Å². The summed E-state index contributed by atoms with van der Waals surface area (Å²) in [4.78, 5) is 38.5. The lowest BCUT2D eigenvalue weighted by Gasteiger charge is -2.37. The maximum Gasteiger partial charge on any atom is 0.323 e. The van der Waals surface area contributed by atoms with Crippen LogP contribution < -0.4 is 26.0 Å². The molecule has 4 rings (SSSR count). The minimum atomic E-state index is -1.49. The summed E-state index contributed by atoms with van der Waals surface area (Å²) >= 11 is 12.2. The van der Waals surface area contributed by atoms with Crippen molar-refractivity contribution < 1.29 is 23.6 Å². The molecule has 1 heterocycles. The van der Waals surface area contributed by atoms with Crippen LogP contribution in [0.2, 0.25) is 10.0 Å². The third-order valence-corrected chi connectivity index (χ3v) is 9.65. The van der Waals surface area contributed by atoms with E-state index in [4.69, 9.17) is 43.6 Å². The van der Waals surface area contributed by atoms with Crippen molar-refractivity contribution in [1.82, 2.24) is 20.4 Å². The van der Waals surface area contributed by atoms with Crippen LogP contribution in [0.5, 0.6) is 5.75 Å². The highest BCUT2D eigenvalue weighted by molar-refractivity contribution is 7.48. The van der Waals surface area contributed by atoms with Crippen molar-refractivity contribution in [2.45, 2.75) is 51.8 Å². The van der Waals surface area contributed by atoms with E-state index in [1.165, 1.54) is 12.1 Å². The van der Waals surface area contributed by atoms with Gasteiger partial charge in [0, 0.05) is 30.7 Å². The van der Waals surface area contributed by atoms with Crippen LogP contribution in [0.25, 0.3) is 10.8 Å². The molecule has 1 aliphatic heterocycles. The fourth-order valence-electron chi connectivity index (χ4n) is 4.74. The Kier molecular flexibility index (Phi) is 12.4. The van der Waals surface area contributed by atoms with Crippen LogP contribution >= 0.6 is 31.7 Å². The molecule has 244 valence electrons. The number of carbonyl (C=O) groups excluding carboxylic acids is 3. The van der Waals surface area contributed by atoms with Gasteiger partial charge >= 0.3 is 5.97 Å². The van der Waals surface area contributed by atoms with Gasteiger partial charge in [0.2, 0.25) is 8.45 Å². The van der Waals surface area contributed by atoms with Gasteiger partial charge in [-0.05, 0) is 57.2 Å². The van der Waals surface area contributed by atoms with E-state index >= 15 is 0 Å². The van der Waals surface area contributed by atoms with Crippen LogP contribution in [-0.2, 0) is 14.3 Å². The topological polar surface area (TPSA) is 159 Å². The van der Waals surface area contributed by atoms with E-state index in [-0.39, 0.29) is 45.1 Å². The number of nitrogens with two attached hydrogens (primary N) is 1. The van der Waals surface area contributed by atoms with Gasteiger partial charge in [0.1, 0.15) is 17.5 Å². The zero-order valence-electron chi connectivity index (χ0n) is 25.7. The summed E-state index contributed by atoms with van der Waals surface area (Å²) < 4.78 is 14.1. The van der Waals surface area contributed by atoms with Gasteiger partial charge in [0.25, 0.3) is 11.8 Å². The fraction of sp³-hybridized carbons (Fsp3) is 0.312. The molecule has 0 spiro atoms. The first-order chi connectivity index (χ1) is 22.0. The van der Waals surface area contributed by atoms with Crippen molar-refractivity contribution in [2.75, 3.05) is 13.1 Å². The van der Waals surface area contributed by atoms with Gasteiger partial charge in [-0.25, -0.2) is 9.76 Å². The van der Waals surface area contributed by atoms with Crippen molar-refractivity contribution in [3.63, 3.8) is 0 Å². The second kappa shape index (κ2) is 16.2. The smallest absolute Gasteiger partial charge is 0.323 e. The number of fused-ring (bicyclic) bond motifs is 1. The molecule has 1 saturated heterocycles. The third-order valence-electron chi connectivity index (χ3n) is 7.12. The molecule has 3 aromatic carbocycles. The molecule has 3 aromatic rings. The molecule has 2 atom stereocenters. The summed E-state index contributed by atoms with van der Waals surface area (Å²) in [5.41, 5.74) is 5.57. The fourth-order valence-corrected chi connectivity index (χ4v) is 7.02. The number of ether oxygens (including phenoxy) is 1. The number of benzene rings is 3. The molecule has 0 saturated carbocycles. The SMILES string of the molecule is CC(C)OC(=O)C(C)NP(Oc1cccc2ccccc12)N1CCC(NC(=O)/C(N)=C(/C=N)NC(=O)c2c(Cl)cccc2Cl)CC1. The number of rotatable bonds is 12. The average molecular weight is 688 g/mol. The van der Waals surface area contributed by atoms with Gasteiger partial charge < -0.3 is 31.0 Å². The standard InChI is InChI=1S/C32H37Cl2N6O5P/c1-19(2)44-32(43)20(3)39-46(45-27-13-6-9-21-8-4-5-10-23(21)27)40-16-14-22(15-17-40)37-31(42)29(36)26(18-35)38-30(41)28-24(33)11-7-12-25(28)34/h4-13,18-20,22,35,39H,14-17,36H2,1-3H3,(H,37,42)(H,38,41)/b29-26+,35-18?. The highest BCUT2D eigenvalue weighted by Crippen LogP contribution is 2.43. The number of halogens is 2. The summed E-state index contributed by atoms with van der Waals surface area (Å²) in [7, 11) is -1.49. The number of esters is 1. The van der Waals surface area contributed by atoms with Crippen LogP contribution in [0, 0.1) is 5.41 Å². The Bertz CT molecular complexity index is 1600. The Labute approximate surface area is 279 Å². The number of nitrogens with one attached hydrogen (secondary N) is 4. The summed E-state index contributed by atoms with van der Waals surface area (Å²) in [6.45, 7) is 6.43.